The Morgan fingerprint density at radius 2 is 1.86 bits per heavy atom. The number of aliphatic carboxylic acids is 1. The highest BCUT2D eigenvalue weighted by atomic mass is 16.4. The van der Waals surface area contributed by atoms with Crippen molar-refractivity contribution in [3.05, 3.63) is 0 Å². The summed E-state index contributed by atoms with van der Waals surface area (Å²) < 4.78 is 0. The van der Waals surface area contributed by atoms with E-state index in [2.05, 4.69) is 0 Å². The lowest BCUT2D eigenvalue weighted by molar-refractivity contribution is -0.152. The molecule has 1 N–H and O–H groups in total. The van der Waals surface area contributed by atoms with Gasteiger partial charge in [0, 0.05) is 0 Å². The summed E-state index contributed by atoms with van der Waals surface area (Å²) in [5, 5.41) is 9.19. The predicted molar refractivity (Wildman–Crippen MR) is 55.0 cm³/mol. The van der Waals surface area contributed by atoms with E-state index in [0.717, 1.165) is 25.2 Å². The molecule has 3 atom stereocenters. The molecule has 0 aromatic carbocycles. The van der Waals surface area contributed by atoms with Gasteiger partial charge in [-0.1, -0.05) is 25.7 Å². The number of hydrogen-bond acceptors (Lipinski definition) is 1. The van der Waals surface area contributed by atoms with Gasteiger partial charge in [-0.25, -0.2) is 0 Å². The van der Waals surface area contributed by atoms with Gasteiger partial charge in [0.2, 0.25) is 0 Å². The molecule has 0 amide bonds. The molecule has 3 unspecified atom stereocenters. The van der Waals surface area contributed by atoms with Gasteiger partial charge >= 0.3 is 5.97 Å². The van der Waals surface area contributed by atoms with Gasteiger partial charge in [0.25, 0.3) is 0 Å². The summed E-state index contributed by atoms with van der Waals surface area (Å²) in [6, 6.07) is 0. The Kier molecular flexibility index (Phi) is 2.54. The molecule has 80 valence electrons. The van der Waals surface area contributed by atoms with E-state index in [-0.39, 0.29) is 0 Å². The van der Waals surface area contributed by atoms with E-state index >= 15 is 0 Å². The summed E-state index contributed by atoms with van der Waals surface area (Å²) in [7, 11) is 0. The normalized spacial score (nSPS) is 42.9. The van der Waals surface area contributed by atoms with Crippen molar-refractivity contribution in [2.75, 3.05) is 0 Å². The Hall–Kier alpha value is -0.530. The first-order chi connectivity index (χ1) is 6.62. The maximum atomic E-state index is 11.2. The minimum absolute atomic E-state index is 0.418. The molecule has 0 aromatic heterocycles. The smallest absolute Gasteiger partial charge is 0.309 e. The molecular weight excluding hydrogens is 176 g/mol. The molecule has 2 fully saturated rings. The lowest BCUT2D eigenvalue weighted by Gasteiger charge is -2.42. The minimum atomic E-state index is -0.582. The Balaban J connectivity index is 2.05. The van der Waals surface area contributed by atoms with Crippen LogP contribution in [-0.4, -0.2) is 11.1 Å². The van der Waals surface area contributed by atoms with Crippen molar-refractivity contribution in [1.82, 2.24) is 0 Å². The number of rotatable bonds is 1. The quantitative estimate of drug-likeness (QED) is 0.699. The zero-order chi connectivity index (χ0) is 10.2. The molecule has 0 aliphatic heterocycles. The first-order valence-electron chi connectivity index (χ1n) is 5.85. The van der Waals surface area contributed by atoms with Crippen molar-refractivity contribution in [3.63, 3.8) is 0 Å². The molecule has 2 heteroatoms. The Labute approximate surface area is 85.7 Å². The second-order valence-electron chi connectivity index (χ2n) is 5.41. The third kappa shape index (κ3) is 1.67. The third-order valence-electron chi connectivity index (χ3n) is 4.36. The zero-order valence-corrected chi connectivity index (χ0v) is 8.96. The van der Waals surface area contributed by atoms with Gasteiger partial charge in [-0.15, -0.1) is 0 Å². The summed E-state index contributed by atoms with van der Waals surface area (Å²) in [5.74, 6) is 0.969. The van der Waals surface area contributed by atoms with Gasteiger partial charge in [0.05, 0.1) is 5.41 Å². The zero-order valence-electron chi connectivity index (χ0n) is 8.96. The monoisotopic (exact) mass is 196 g/mol. The summed E-state index contributed by atoms with van der Waals surface area (Å²) in [4.78, 5) is 11.2. The van der Waals surface area contributed by atoms with Crippen molar-refractivity contribution >= 4 is 5.97 Å². The molecule has 2 aliphatic carbocycles. The van der Waals surface area contributed by atoms with Crippen molar-refractivity contribution < 1.29 is 9.90 Å². The fourth-order valence-corrected chi connectivity index (χ4v) is 3.31. The maximum Gasteiger partial charge on any atom is 0.309 e. The highest BCUT2D eigenvalue weighted by Gasteiger charge is 2.42. The van der Waals surface area contributed by atoms with Crippen LogP contribution in [0.4, 0.5) is 0 Å². The van der Waals surface area contributed by atoms with Crippen molar-refractivity contribution in [2.45, 2.75) is 51.9 Å². The van der Waals surface area contributed by atoms with E-state index in [4.69, 9.17) is 0 Å². The standard InChI is InChI=1S/C12H20O2/c1-12(11(13)14)7-6-9-4-2-3-5-10(9)8-12/h9-10H,2-8H2,1H3,(H,13,14). The van der Waals surface area contributed by atoms with Crippen molar-refractivity contribution in [1.29, 1.82) is 0 Å². The Morgan fingerprint density at radius 3 is 2.50 bits per heavy atom. The molecule has 2 aliphatic rings. The van der Waals surface area contributed by atoms with Gasteiger partial charge in [-0.3, -0.25) is 4.79 Å². The summed E-state index contributed by atoms with van der Waals surface area (Å²) in [6.45, 7) is 1.93. The van der Waals surface area contributed by atoms with Crippen molar-refractivity contribution in [3.8, 4) is 0 Å². The van der Waals surface area contributed by atoms with Gasteiger partial charge in [-0.05, 0) is 38.0 Å². The average Bonchev–Trinajstić information content (AvgIpc) is 2.17. The Bertz CT molecular complexity index is 236. The molecule has 0 spiro atoms. The second kappa shape index (κ2) is 3.56. The Morgan fingerprint density at radius 1 is 1.21 bits per heavy atom. The topological polar surface area (TPSA) is 37.3 Å². The van der Waals surface area contributed by atoms with E-state index in [1.807, 2.05) is 6.92 Å². The summed E-state index contributed by atoms with van der Waals surface area (Å²) in [5.41, 5.74) is -0.418. The fourth-order valence-electron chi connectivity index (χ4n) is 3.31. The van der Waals surface area contributed by atoms with E-state index < -0.39 is 11.4 Å². The van der Waals surface area contributed by atoms with Gasteiger partial charge in [0.15, 0.2) is 0 Å². The predicted octanol–water partition coefficient (Wildman–Crippen LogP) is 3.07. The van der Waals surface area contributed by atoms with E-state index in [1.54, 1.807) is 0 Å². The largest absolute Gasteiger partial charge is 0.481 e. The van der Waals surface area contributed by atoms with Crippen LogP contribution < -0.4 is 0 Å². The molecule has 2 nitrogen and oxygen atoms in total. The summed E-state index contributed by atoms with van der Waals surface area (Å²) in [6.07, 6.45) is 8.26. The highest BCUT2D eigenvalue weighted by molar-refractivity contribution is 5.74. The third-order valence-corrected chi connectivity index (χ3v) is 4.36. The molecular formula is C12H20O2. The van der Waals surface area contributed by atoms with Crippen LogP contribution in [0.15, 0.2) is 0 Å². The minimum Gasteiger partial charge on any atom is -0.481 e. The van der Waals surface area contributed by atoms with Gasteiger partial charge < -0.3 is 5.11 Å². The SMILES string of the molecule is CC1(C(=O)O)CCC2CCCCC2C1. The van der Waals surface area contributed by atoms with Crippen LogP contribution in [0.3, 0.4) is 0 Å². The fraction of sp³-hybridized carbons (Fsp3) is 0.917. The van der Waals surface area contributed by atoms with Crippen LogP contribution in [0.1, 0.15) is 51.9 Å². The lowest BCUT2D eigenvalue weighted by Crippen LogP contribution is -2.38. The molecule has 0 bridgehead atoms. The van der Waals surface area contributed by atoms with E-state index in [9.17, 15) is 9.90 Å². The summed E-state index contributed by atoms with van der Waals surface area (Å²) >= 11 is 0. The van der Waals surface area contributed by atoms with Gasteiger partial charge in [0.1, 0.15) is 0 Å². The van der Waals surface area contributed by atoms with Crippen molar-refractivity contribution in [2.24, 2.45) is 17.3 Å². The first kappa shape index (κ1) is 10.0. The number of carboxylic acids is 1. The molecule has 0 radical (unpaired) electrons. The van der Waals surface area contributed by atoms with E-state index in [1.165, 1.54) is 25.7 Å². The molecule has 14 heavy (non-hydrogen) atoms. The van der Waals surface area contributed by atoms with Crippen LogP contribution in [0.25, 0.3) is 0 Å². The molecule has 2 saturated carbocycles. The van der Waals surface area contributed by atoms with Crippen LogP contribution in [-0.2, 0) is 4.79 Å². The number of fused-ring (bicyclic) bond motifs is 1. The highest BCUT2D eigenvalue weighted by Crippen LogP contribution is 2.48. The number of carboxylic acid groups (broad SMARTS) is 1. The molecule has 0 saturated heterocycles. The number of carbonyl (C=O) groups is 1. The lowest BCUT2D eigenvalue weighted by atomic mass is 9.62. The van der Waals surface area contributed by atoms with Crippen LogP contribution in [0, 0.1) is 17.3 Å². The second-order valence-corrected chi connectivity index (χ2v) is 5.41. The van der Waals surface area contributed by atoms with E-state index in [0.29, 0.717) is 5.92 Å². The van der Waals surface area contributed by atoms with Crippen LogP contribution in [0.2, 0.25) is 0 Å². The van der Waals surface area contributed by atoms with Crippen LogP contribution >= 0.6 is 0 Å². The number of hydrogen-bond donors (Lipinski definition) is 1. The molecule has 0 aromatic rings. The molecule has 0 heterocycles. The average molecular weight is 196 g/mol. The van der Waals surface area contributed by atoms with Crippen LogP contribution in [0.5, 0.6) is 0 Å². The molecule has 2 rings (SSSR count). The first-order valence-corrected chi connectivity index (χ1v) is 5.85. The maximum absolute atomic E-state index is 11.2. The van der Waals surface area contributed by atoms with Gasteiger partial charge in [-0.2, -0.15) is 0 Å².